The lowest BCUT2D eigenvalue weighted by Gasteiger charge is -2.45. The number of primary sulfonamides is 1. The Morgan fingerprint density at radius 3 is 2.22 bits per heavy atom. The van der Waals surface area contributed by atoms with Gasteiger partial charge >= 0.3 is 0 Å². The Hall–Kier alpha value is -3.29. The molecule has 3 aliphatic heterocycles. The summed E-state index contributed by atoms with van der Waals surface area (Å²) in [5.41, 5.74) is 3.29. The maximum Gasteiger partial charge on any atom is 0.253 e. The maximum absolute atomic E-state index is 13.6. The first-order chi connectivity index (χ1) is 23.2. The highest BCUT2D eigenvalue weighted by Gasteiger charge is 2.44. The summed E-state index contributed by atoms with van der Waals surface area (Å²) in [6.07, 6.45) is 7.99. The van der Waals surface area contributed by atoms with Crippen molar-refractivity contribution in [1.82, 2.24) is 19.4 Å². The zero-order valence-electron chi connectivity index (χ0n) is 27.8. The van der Waals surface area contributed by atoms with Crippen molar-refractivity contribution in [2.75, 3.05) is 25.9 Å². The van der Waals surface area contributed by atoms with Gasteiger partial charge in [-0.3, -0.25) is 9.69 Å². The normalized spacial score (nSPS) is 22.9. The van der Waals surface area contributed by atoms with E-state index < -0.39 is 19.9 Å². The van der Waals surface area contributed by atoms with Gasteiger partial charge in [-0.1, -0.05) is 35.9 Å². The van der Waals surface area contributed by atoms with Crippen molar-refractivity contribution in [2.24, 2.45) is 5.14 Å². The predicted molar refractivity (Wildman–Crippen MR) is 190 cm³/mol. The molecular weight excluding hydrogens is 682 g/mol. The fourth-order valence-corrected chi connectivity index (χ4v) is 10.4. The van der Waals surface area contributed by atoms with Crippen LogP contribution >= 0.6 is 11.6 Å². The lowest BCUT2D eigenvalue weighted by molar-refractivity contribution is 0.0606. The summed E-state index contributed by atoms with van der Waals surface area (Å²) in [5.74, 6) is 0.793. The Kier molecular flexibility index (Phi) is 8.92. The summed E-state index contributed by atoms with van der Waals surface area (Å²) in [6.45, 7) is 3.97. The van der Waals surface area contributed by atoms with Crippen LogP contribution in [0.3, 0.4) is 0 Å². The highest BCUT2D eigenvalue weighted by molar-refractivity contribution is 7.90. The Labute approximate surface area is 293 Å². The molecular formula is C36H42ClN5O5S2. The van der Waals surface area contributed by atoms with E-state index in [4.69, 9.17) is 21.7 Å². The molecule has 4 heterocycles. The third-order valence-electron chi connectivity index (χ3n) is 11.2. The molecule has 3 aromatic carbocycles. The van der Waals surface area contributed by atoms with Crippen LogP contribution in [0.2, 0.25) is 5.02 Å². The molecule has 49 heavy (non-hydrogen) atoms. The number of carbonyl (C=O) groups is 1. The number of hydrogen-bond acceptors (Lipinski definition) is 7. The van der Waals surface area contributed by atoms with Crippen LogP contribution < -0.4 is 5.14 Å². The highest BCUT2D eigenvalue weighted by atomic mass is 35.5. The van der Waals surface area contributed by atoms with Gasteiger partial charge in [-0.25, -0.2) is 27.0 Å². The lowest BCUT2D eigenvalue weighted by atomic mass is 9.70. The zero-order valence-corrected chi connectivity index (χ0v) is 30.1. The fraction of sp³-hybridized carbons (Fsp3) is 0.444. The van der Waals surface area contributed by atoms with E-state index in [0.29, 0.717) is 44.1 Å². The van der Waals surface area contributed by atoms with Crippen molar-refractivity contribution in [1.29, 1.82) is 0 Å². The average molecular weight is 724 g/mol. The predicted octanol–water partition coefficient (Wildman–Crippen LogP) is 5.48. The van der Waals surface area contributed by atoms with Gasteiger partial charge in [-0.2, -0.15) is 0 Å². The van der Waals surface area contributed by atoms with Gasteiger partial charge in [0, 0.05) is 43.0 Å². The van der Waals surface area contributed by atoms with Gasteiger partial charge in [0.05, 0.1) is 21.0 Å². The van der Waals surface area contributed by atoms with Crippen molar-refractivity contribution in [3.63, 3.8) is 0 Å². The molecule has 2 bridgehead atoms. The number of imidazole rings is 1. The smallest absolute Gasteiger partial charge is 0.253 e. The SMILES string of the molecule is Cc1nc2ccccc2n1[C@H]1C[C@H]2CC[C@@H](C1)N2CCC1(c2ccc(S(C)(=O)=O)cc2)CCN(C(=O)c2ccc(Cl)c(S(N)(=O)=O)c2)CC1. The number of likely N-dealkylation sites (tertiary alicyclic amines) is 1. The minimum absolute atomic E-state index is 0.0271. The molecule has 0 saturated carbocycles. The standard InChI is InChI=1S/C36H42ClN5O5S2/c1-24-39-32-5-3-4-6-33(32)42(24)29-22-27-10-11-28(23-29)41(27)20-17-36(26-8-12-30(13-9-26)48(2,44)45)15-18-40(19-16-36)35(43)25-7-14-31(37)34(21-25)49(38,46)47/h3-9,12-14,21,27-29H,10-11,15-20,22-23H2,1-2H3,(H2,38,46,47)/t27-,28+,29+. The van der Waals surface area contributed by atoms with Crippen molar-refractivity contribution < 1.29 is 21.6 Å². The number of fused-ring (bicyclic) bond motifs is 3. The highest BCUT2D eigenvalue weighted by Crippen LogP contribution is 2.45. The molecule has 13 heteroatoms. The number of amides is 1. The van der Waals surface area contributed by atoms with Gasteiger partial charge in [0.1, 0.15) is 10.7 Å². The van der Waals surface area contributed by atoms with Gasteiger partial charge in [0.15, 0.2) is 9.84 Å². The van der Waals surface area contributed by atoms with E-state index in [-0.39, 0.29) is 31.7 Å². The Morgan fingerprint density at radius 2 is 1.59 bits per heavy atom. The topological polar surface area (TPSA) is 136 Å². The summed E-state index contributed by atoms with van der Waals surface area (Å²) in [6, 6.07) is 21.2. The first-order valence-corrected chi connectivity index (χ1v) is 20.7. The minimum atomic E-state index is -4.09. The number of aryl methyl sites for hydroxylation is 1. The summed E-state index contributed by atoms with van der Waals surface area (Å²) < 4.78 is 51.1. The first-order valence-electron chi connectivity index (χ1n) is 16.9. The molecule has 0 aliphatic carbocycles. The van der Waals surface area contributed by atoms with E-state index in [2.05, 4.69) is 34.6 Å². The summed E-state index contributed by atoms with van der Waals surface area (Å²) >= 11 is 6.07. The van der Waals surface area contributed by atoms with Gasteiger partial charge < -0.3 is 9.47 Å². The van der Waals surface area contributed by atoms with E-state index in [0.717, 1.165) is 42.7 Å². The molecule has 3 fully saturated rings. The maximum atomic E-state index is 13.6. The molecule has 10 nitrogen and oxygen atoms in total. The number of nitrogens with two attached hydrogens (primary N) is 1. The Morgan fingerprint density at radius 1 is 0.939 bits per heavy atom. The molecule has 1 amide bonds. The van der Waals surface area contributed by atoms with Crippen LogP contribution in [0, 0.1) is 6.92 Å². The quantitative estimate of drug-likeness (QED) is 0.254. The summed E-state index contributed by atoms with van der Waals surface area (Å²) in [5, 5.41) is 5.31. The van der Waals surface area contributed by atoms with Crippen molar-refractivity contribution in [3.05, 3.63) is 88.7 Å². The molecule has 2 N–H and O–H groups in total. The van der Waals surface area contributed by atoms with E-state index in [1.54, 1.807) is 17.0 Å². The van der Waals surface area contributed by atoms with E-state index in [1.807, 2.05) is 18.2 Å². The summed E-state index contributed by atoms with van der Waals surface area (Å²) in [4.78, 5) is 22.9. The molecule has 3 atom stereocenters. The fourth-order valence-electron chi connectivity index (χ4n) is 8.70. The number of para-hydroxylation sites is 2. The Balaban J connectivity index is 1.11. The van der Waals surface area contributed by atoms with Gasteiger partial charge in [-0.05, 0) is 112 Å². The van der Waals surface area contributed by atoms with Crippen molar-refractivity contribution in [3.8, 4) is 0 Å². The number of hydrogen-bond donors (Lipinski definition) is 1. The van der Waals surface area contributed by atoms with Gasteiger partial charge in [-0.15, -0.1) is 0 Å². The van der Waals surface area contributed by atoms with Gasteiger partial charge in [0.2, 0.25) is 10.0 Å². The average Bonchev–Trinajstić information content (AvgIpc) is 3.53. The number of halogens is 1. The molecule has 3 aliphatic rings. The van der Waals surface area contributed by atoms with Crippen LogP contribution in [0.5, 0.6) is 0 Å². The monoisotopic (exact) mass is 723 g/mol. The van der Waals surface area contributed by atoms with E-state index in [9.17, 15) is 21.6 Å². The van der Waals surface area contributed by atoms with Gasteiger partial charge in [0.25, 0.3) is 5.91 Å². The van der Waals surface area contributed by atoms with Crippen LogP contribution in [0.1, 0.15) is 72.7 Å². The van der Waals surface area contributed by atoms with Crippen molar-refractivity contribution in [2.45, 2.75) is 85.2 Å². The second-order valence-corrected chi connectivity index (χ2v) is 18.0. The number of sulfonamides is 1. The molecule has 0 spiro atoms. The number of carbonyl (C=O) groups excluding carboxylic acids is 1. The largest absolute Gasteiger partial charge is 0.339 e. The molecule has 1 aromatic heterocycles. The van der Waals surface area contributed by atoms with Crippen LogP contribution in [0.4, 0.5) is 0 Å². The minimum Gasteiger partial charge on any atom is -0.339 e. The van der Waals surface area contributed by atoms with Crippen LogP contribution in [-0.4, -0.2) is 80.1 Å². The second-order valence-electron chi connectivity index (χ2n) is 14.1. The third-order valence-corrected chi connectivity index (χ3v) is 13.8. The van der Waals surface area contributed by atoms with E-state index >= 15 is 0 Å². The lowest BCUT2D eigenvalue weighted by Crippen LogP contribution is -2.49. The van der Waals surface area contributed by atoms with Crippen LogP contribution in [0.15, 0.2) is 76.5 Å². The molecule has 260 valence electrons. The van der Waals surface area contributed by atoms with Crippen LogP contribution in [0.25, 0.3) is 11.0 Å². The van der Waals surface area contributed by atoms with Crippen molar-refractivity contribution >= 4 is 48.4 Å². The number of nitrogens with zero attached hydrogens (tertiary/aromatic N) is 4. The van der Waals surface area contributed by atoms with E-state index in [1.165, 1.54) is 42.8 Å². The number of aromatic nitrogens is 2. The second kappa shape index (κ2) is 12.8. The Bertz CT molecular complexity index is 2110. The number of sulfone groups is 1. The molecule has 3 saturated heterocycles. The summed E-state index contributed by atoms with van der Waals surface area (Å²) in [7, 11) is -7.44. The molecule has 4 aromatic rings. The number of rotatable bonds is 8. The molecule has 0 radical (unpaired) electrons. The first kappa shape index (κ1) is 34.2. The molecule has 0 unspecified atom stereocenters. The number of benzene rings is 3. The van der Waals surface area contributed by atoms with Crippen LogP contribution in [-0.2, 0) is 25.3 Å². The molecule has 7 rings (SSSR count). The zero-order chi connectivity index (χ0) is 34.7. The number of piperidine rings is 2. The third kappa shape index (κ3) is 6.54.